The minimum atomic E-state index is -0.418. The summed E-state index contributed by atoms with van der Waals surface area (Å²) in [6, 6.07) is 5.43. The van der Waals surface area contributed by atoms with E-state index in [1.165, 1.54) is 11.8 Å². The quantitative estimate of drug-likeness (QED) is 0.730. The molecule has 0 aliphatic carbocycles. The van der Waals surface area contributed by atoms with Crippen molar-refractivity contribution >= 4 is 29.3 Å². The Morgan fingerprint density at radius 3 is 2.36 bits per heavy atom. The molecule has 0 spiro atoms. The maximum Gasteiger partial charge on any atom is 0.261 e. The van der Waals surface area contributed by atoms with E-state index in [-0.39, 0.29) is 24.8 Å². The zero-order chi connectivity index (χ0) is 20.3. The number of hydrogen-bond donors (Lipinski definition) is 1. The second-order valence-corrected chi connectivity index (χ2v) is 7.12. The van der Waals surface area contributed by atoms with Gasteiger partial charge in [-0.2, -0.15) is 0 Å². The summed E-state index contributed by atoms with van der Waals surface area (Å²) in [6.45, 7) is 8.35. The number of carbonyl (C=O) groups is 4. The lowest BCUT2D eigenvalue weighted by Crippen LogP contribution is -2.46. The van der Waals surface area contributed by atoms with E-state index in [1.807, 2.05) is 6.07 Å². The molecule has 1 N–H and O–H groups in total. The van der Waals surface area contributed by atoms with Crippen LogP contribution in [0.4, 0.5) is 5.69 Å². The maximum absolute atomic E-state index is 12.7. The van der Waals surface area contributed by atoms with E-state index in [9.17, 15) is 19.2 Å². The Balaban J connectivity index is 1.63. The van der Waals surface area contributed by atoms with E-state index >= 15 is 0 Å². The number of nitrogens with one attached hydrogen (secondary N) is 1. The van der Waals surface area contributed by atoms with E-state index in [0.717, 1.165) is 38.4 Å². The SMILES string of the molecule is CCN1CCN(c2ccc3c(c2)C(=O)N(CCCC(=O)NC(C)=O)C3=O)CC1. The zero-order valence-corrected chi connectivity index (χ0v) is 16.4. The fraction of sp³-hybridized carbons (Fsp3) is 0.500. The molecule has 4 amide bonds. The molecule has 150 valence electrons. The molecule has 1 fully saturated rings. The molecule has 0 saturated carbocycles. The van der Waals surface area contributed by atoms with Crippen LogP contribution in [-0.4, -0.2) is 72.7 Å². The van der Waals surface area contributed by atoms with Crippen LogP contribution in [0, 0.1) is 0 Å². The smallest absolute Gasteiger partial charge is 0.261 e. The second-order valence-electron chi connectivity index (χ2n) is 7.12. The normalized spacial score (nSPS) is 17.1. The lowest BCUT2D eigenvalue weighted by Gasteiger charge is -2.35. The molecule has 0 unspecified atom stereocenters. The number of rotatable bonds is 6. The van der Waals surface area contributed by atoms with E-state index in [4.69, 9.17) is 0 Å². The van der Waals surface area contributed by atoms with Crippen LogP contribution in [0.1, 0.15) is 47.4 Å². The summed E-state index contributed by atoms with van der Waals surface area (Å²) in [5, 5.41) is 2.18. The lowest BCUT2D eigenvalue weighted by molar-refractivity contribution is -0.129. The molecule has 1 saturated heterocycles. The van der Waals surface area contributed by atoms with Crippen LogP contribution in [0.15, 0.2) is 18.2 Å². The second kappa shape index (κ2) is 8.52. The average molecular weight is 386 g/mol. The first-order valence-electron chi connectivity index (χ1n) is 9.68. The molecule has 0 atom stereocenters. The van der Waals surface area contributed by atoms with Crippen molar-refractivity contribution < 1.29 is 19.2 Å². The fourth-order valence-corrected chi connectivity index (χ4v) is 3.66. The van der Waals surface area contributed by atoms with Crippen molar-refractivity contribution in [2.75, 3.05) is 44.2 Å². The van der Waals surface area contributed by atoms with Gasteiger partial charge in [0.2, 0.25) is 11.8 Å². The van der Waals surface area contributed by atoms with Crippen molar-refractivity contribution in [1.29, 1.82) is 0 Å². The van der Waals surface area contributed by atoms with Crippen molar-refractivity contribution in [1.82, 2.24) is 15.1 Å². The molecular formula is C20H26N4O4. The monoisotopic (exact) mass is 386 g/mol. The Kier molecular flexibility index (Phi) is 6.08. The average Bonchev–Trinajstić information content (AvgIpc) is 2.92. The number of fused-ring (bicyclic) bond motifs is 1. The molecule has 28 heavy (non-hydrogen) atoms. The molecule has 0 aromatic heterocycles. The highest BCUT2D eigenvalue weighted by Crippen LogP contribution is 2.28. The van der Waals surface area contributed by atoms with Gasteiger partial charge in [-0.15, -0.1) is 0 Å². The number of nitrogens with zero attached hydrogens (tertiary/aromatic N) is 3. The molecule has 2 heterocycles. The highest BCUT2D eigenvalue weighted by molar-refractivity contribution is 6.21. The molecule has 1 aromatic carbocycles. The molecule has 0 radical (unpaired) electrons. The zero-order valence-electron chi connectivity index (χ0n) is 16.4. The Labute approximate surface area is 164 Å². The van der Waals surface area contributed by atoms with E-state index in [1.54, 1.807) is 12.1 Å². The van der Waals surface area contributed by atoms with Crippen LogP contribution in [0.25, 0.3) is 0 Å². The summed E-state index contributed by atoms with van der Waals surface area (Å²) in [5.74, 6) is -1.47. The van der Waals surface area contributed by atoms with Crippen molar-refractivity contribution in [3.05, 3.63) is 29.3 Å². The number of benzene rings is 1. The number of carbonyl (C=O) groups excluding carboxylic acids is 4. The Morgan fingerprint density at radius 2 is 1.71 bits per heavy atom. The lowest BCUT2D eigenvalue weighted by atomic mass is 10.1. The van der Waals surface area contributed by atoms with Gasteiger partial charge < -0.3 is 9.80 Å². The molecule has 8 heteroatoms. The maximum atomic E-state index is 12.7. The number of piperazine rings is 1. The molecule has 0 bridgehead atoms. The summed E-state index contributed by atoms with van der Waals surface area (Å²) >= 11 is 0. The van der Waals surface area contributed by atoms with Crippen LogP contribution >= 0.6 is 0 Å². The van der Waals surface area contributed by atoms with Crippen molar-refractivity contribution in [3.63, 3.8) is 0 Å². The number of likely N-dealkylation sites (N-methyl/N-ethyl adjacent to an activating group) is 1. The van der Waals surface area contributed by atoms with E-state index in [2.05, 4.69) is 22.0 Å². The predicted octanol–water partition coefficient (Wildman–Crippen LogP) is 0.867. The van der Waals surface area contributed by atoms with E-state index < -0.39 is 11.8 Å². The van der Waals surface area contributed by atoms with Gasteiger partial charge in [0.25, 0.3) is 11.8 Å². The predicted molar refractivity (Wildman–Crippen MR) is 104 cm³/mol. The van der Waals surface area contributed by atoms with Gasteiger partial charge in [-0.25, -0.2) is 0 Å². The highest BCUT2D eigenvalue weighted by atomic mass is 16.2. The standard InChI is InChI=1S/C20H26N4O4/c1-3-22-9-11-23(12-10-22)15-6-7-16-17(13-15)20(28)24(19(16)27)8-4-5-18(26)21-14(2)25/h6-7,13H,3-5,8-12H2,1-2H3,(H,21,25,26). The van der Waals surface area contributed by atoms with E-state index in [0.29, 0.717) is 17.5 Å². The molecular weight excluding hydrogens is 360 g/mol. The Morgan fingerprint density at radius 1 is 1.04 bits per heavy atom. The number of hydrogen-bond acceptors (Lipinski definition) is 6. The van der Waals surface area contributed by atoms with Gasteiger partial charge in [0, 0.05) is 51.8 Å². The molecule has 1 aromatic rings. The third kappa shape index (κ3) is 4.22. The van der Waals surface area contributed by atoms with Gasteiger partial charge in [-0.05, 0) is 31.2 Å². The Bertz CT molecular complexity index is 799. The minimum Gasteiger partial charge on any atom is -0.369 e. The number of imide groups is 2. The highest BCUT2D eigenvalue weighted by Gasteiger charge is 2.35. The Hall–Kier alpha value is -2.74. The largest absolute Gasteiger partial charge is 0.369 e. The van der Waals surface area contributed by atoms with Crippen LogP contribution in [0.5, 0.6) is 0 Å². The summed E-state index contributed by atoms with van der Waals surface area (Å²) in [7, 11) is 0. The van der Waals surface area contributed by atoms with Gasteiger partial charge in [0.15, 0.2) is 0 Å². The van der Waals surface area contributed by atoms with Crippen molar-refractivity contribution in [2.45, 2.75) is 26.7 Å². The van der Waals surface area contributed by atoms with Crippen LogP contribution in [0.3, 0.4) is 0 Å². The summed E-state index contributed by atoms with van der Waals surface area (Å²) in [6.07, 6.45) is 0.399. The van der Waals surface area contributed by atoms with Crippen LogP contribution < -0.4 is 10.2 Å². The van der Waals surface area contributed by atoms with Crippen molar-refractivity contribution in [2.24, 2.45) is 0 Å². The van der Waals surface area contributed by atoms with Crippen LogP contribution in [0.2, 0.25) is 0 Å². The third-order valence-corrected chi connectivity index (χ3v) is 5.24. The first-order chi connectivity index (χ1) is 13.4. The molecule has 3 rings (SSSR count). The first-order valence-corrected chi connectivity index (χ1v) is 9.68. The van der Waals surface area contributed by atoms with Gasteiger partial charge >= 0.3 is 0 Å². The molecule has 2 aliphatic rings. The minimum absolute atomic E-state index is 0.0833. The first kappa shape index (κ1) is 20.0. The van der Waals surface area contributed by atoms with Crippen LogP contribution in [-0.2, 0) is 9.59 Å². The van der Waals surface area contributed by atoms with Gasteiger partial charge in [0.05, 0.1) is 11.1 Å². The summed E-state index contributed by atoms with van der Waals surface area (Å²) in [4.78, 5) is 53.5. The van der Waals surface area contributed by atoms with Gasteiger partial charge in [0.1, 0.15) is 0 Å². The number of anilines is 1. The fourth-order valence-electron chi connectivity index (χ4n) is 3.66. The third-order valence-electron chi connectivity index (χ3n) is 5.24. The van der Waals surface area contributed by atoms with Gasteiger partial charge in [-0.1, -0.05) is 6.92 Å². The molecule has 8 nitrogen and oxygen atoms in total. The summed E-state index contributed by atoms with van der Waals surface area (Å²) < 4.78 is 0. The van der Waals surface area contributed by atoms with Gasteiger partial charge in [-0.3, -0.25) is 29.4 Å². The number of amides is 4. The van der Waals surface area contributed by atoms with Crippen molar-refractivity contribution in [3.8, 4) is 0 Å². The summed E-state index contributed by atoms with van der Waals surface area (Å²) in [5.41, 5.74) is 1.79. The molecule has 2 aliphatic heterocycles. The topological polar surface area (TPSA) is 90.0 Å².